The second kappa shape index (κ2) is 6.36. The number of carbonyl (C=O) groups is 1. The van der Waals surface area contributed by atoms with Crippen molar-refractivity contribution in [3.05, 3.63) is 11.9 Å². The minimum Gasteiger partial charge on any atom is -0.370 e. The first-order valence-corrected chi connectivity index (χ1v) is 6.47. The Kier molecular flexibility index (Phi) is 5.09. The van der Waals surface area contributed by atoms with Crippen molar-refractivity contribution in [3.8, 4) is 0 Å². The van der Waals surface area contributed by atoms with Gasteiger partial charge in [-0.25, -0.2) is 9.97 Å². The Bertz CT molecular complexity index is 445. The molecule has 0 radical (unpaired) electrons. The normalized spacial score (nSPS) is 11.2. The largest absolute Gasteiger partial charge is 0.370 e. The lowest BCUT2D eigenvalue weighted by Gasteiger charge is -2.26. The van der Waals surface area contributed by atoms with E-state index in [1.807, 2.05) is 20.8 Å². The summed E-state index contributed by atoms with van der Waals surface area (Å²) in [5.41, 5.74) is 5.74. The molecule has 0 bridgehead atoms. The van der Waals surface area contributed by atoms with Crippen LogP contribution in [0.4, 0.5) is 11.6 Å². The summed E-state index contributed by atoms with van der Waals surface area (Å²) in [5.74, 6) is 1.20. The summed E-state index contributed by atoms with van der Waals surface area (Å²) in [6.45, 7) is 8.73. The van der Waals surface area contributed by atoms with Crippen molar-refractivity contribution in [2.24, 2.45) is 5.73 Å². The molecule has 0 saturated heterocycles. The molecule has 1 aromatic rings. The molecule has 0 atom stereocenters. The topological polar surface area (TPSA) is 92.9 Å². The molecule has 0 fully saturated rings. The summed E-state index contributed by atoms with van der Waals surface area (Å²) < 4.78 is 0. The molecule has 1 heterocycles. The molecule has 0 aromatic carbocycles. The highest BCUT2D eigenvalue weighted by atomic mass is 16.1. The first-order valence-electron chi connectivity index (χ1n) is 6.47. The maximum atomic E-state index is 11.0. The maximum Gasteiger partial charge on any atom is 0.219 e. The van der Waals surface area contributed by atoms with Crippen molar-refractivity contribution >= 4 is 17.5 Å². The quantitative estimate of drug-likeness (QED) is 0.697. The minimum absolute atomic E-state index is 0.244. The van der Waals surface area contributed by atoms with Gasteiger partial charge in [-0.15, -0.1) is 0 Å². The lowest BCUT2D eigenvalue weighted by Crippen LogP contribution is -2.36. The fourth-order valence-electron chi connectivity index (χ4n) is 1.80. The summed E-state index contributed by atoms with van der Waals surface area (Å²) in [6, 6.07) is 0. The molecule has 6 heteroatoms. The number of aromatic nitrogens is 2. The molecular weight excluding hydrogens is 242 g/mol. The molecule has 0 saturated carbocycles. The summed E-state index contributed by atoms with van der Waals surface area (Å²) in [5, 5.41) is 6.49. The zero-order valence-electron chi connectivity index (χ0n) is 12.1. The van der Waals surface area contributed by atoms with Crippen LogP contribution in [0.1, 0.15) is 39.2 Å². The van der Waals surface area contributed by atoms with Gasteiger partial charge in [0, 0.05) is 24.1 Å². The van der Waals surface area contributed by atoms with E-state index in [4.69, 9.17) is 5.73 Å². The highest BCUT2D eigenvalue weighted by Crippen LogP contribution is 2.23. The van der Waals surface area contributed by atoms with Crippen LogP contribution in [0.5, 0.6) is 0 Å². The van der Waals surface area contributed by atoms with Crippen LogP contribution in [-0.2, 0) is 4.79 Å². The van der Waals surface area contributed by atoms with Crippen molar-refractivity contribution in [2.45, 2.75) is 46.1 Å². The zero-order chi connectivity index (χ0) is 14.5. The van der Waals surface area contributed by atoms with E-state index >= 15 is 0 Å². The number of rotatable bonds is 7. The predicted octanol–water partition coefficient (Wildman–Crippen LogP) is 1.67. The molecule has 0 spiro atoms. The Morgan fingerprint density at radius 3 is 2.58 bits per heavy atom. The van der Waals surface area contributed by atoms with Gasteiger partial charge in [0.05, 0.1) is 0 Å². The Balaban J connectivity index is 2.86. The van der Waals surface area contributed by atoms with E-state index in [-0.39, 0.29) is 12.3 Å². The molecule has 0 aliphatic carbocycles. The third-order valence-corrected chi connectivity index (χ3v) is 2.70. The third kappa shape index (κ3) is 4.73. The average molecular weight is 265 g/mol. The summed E-state index contributed by atoms with van der Waals surface area (Å²) in [4.78, 5) is 19.5. The monoisotopic (exact) mass is 265 g/mol. The van der Waals surface area contributed by atoms with Crippen molar-refractivity contribution in [3.63, 3.8) is 0 Å². The van der Waals surface area contributed by atoms with Crippen LogP contribution in [0.3, 0.4) is 0 Å². The molecule has 4 N–H and O–H groups in total. The Labute approximate surface area is 114 Å². The van der Waals surface area contributed by atoms with Crippen molar-refractivity contribution in [1.82, 2.24) is 9.97 Å². The molecule has 0 unspecified atom stereocenters. The van der Waals surface area contributed by atoms with Crippen molar-refractivity contribution < 1.29 is 4.79 Å². The number of hydrogen-bond acceptors (Lipinski definition) is 5. The number of nitrogens with zero attached hydrogens (tertiary/aromatic N) is 2. The number of hydrogen-bond donors (Lipinski definition) is 3. The van der Waals surface area contributed by atoms with Crippen molar-refractivity contribution in [1.29, 1.82) is 0 Å². The van der Waals surface area contributed by atoms with Gasteiger partial charge in [-0.05, 0) is 27.2 Å². The van der Waals surface area contributed by atoms with E-state index in [9.17, 15) is 4.79 Å². The van der Waals surface area contributed by atoms with Gasteiger partial charge >= 0.3 is 0 Å². The van der Waals surface area contributed by atoms with Crippen LogP contribution >= 0.6 is 0 Å². The van der Waals surface area contributed by atoms with Crippen molar-refractivity contribution in [2.75, 3.05) is 17.2 Å². The van der Waals surface area contributed by atoms with Crippen LogP contribution in [0.2, 0.25) is 0 Å². The number of nitrogens with two attached hydrogens (primary N) is 1. The van der Waals surface area contributed by atoms with Gasteiger partial charge in [-0.1, -0.05) is 6.92 Å². The second-order valence-electron chi connectivity index (χ2n) is 5.27. The Morgan fingerprint density at radius 2 is 2.00 bits per heavy atom. The standard InChI is InChI=1S/C13H23N5O/c1-5-6-15-11-9(2)12(17-8-16-11)18-13(3,4)7-10(14)19/h8H,5-7H2,1-4H3,(H2,14,19)(H2,15,16,17,18). The van der Waals surface area contributed by atoms with Crippen LogP contribution < -0.4 is 16.4 Å². The van der Waals surface area contributed by atoms with E-state index in [0.29, 0.717) is 0 Å². The van der Waals surface area contributed by atoms with Crippen LogP contribution in [0.25, 0.3) is 0 Å². The first kappa shape index (κ1) is 15.2. The number of primary amides is 1. The maximum absolute atomic E-state index is 11.0. The SMILES string of the molecule is CCCNc1ncnc(NC(C)(C)CC(N)=O)c1C. The molecule has 19 heavy (non-hydrogen) atoms. The lowest BCUT2D eigenvalue weighted by atomic mass is 10.00. The van der Waals surface area contributed by atoms with Crippen LogP contribution in [0, 0.1) is 6.92 Å². The number of nitrogens with one attached hydrogen (secondary N) is 2. The van der Waals surface area contributed by atoms with Gasteiger partial charge in [0.15, 0.2) is 0 Å². The first-order chi connectivity index (χ1) is 8.85. The average Bonchev–Trinajstić information content (AvgIpc) is 2.28. The number of carbonyl (C=O) groups excluding carboxylic acids is 1. The van der Waals surface area contributed by atoms with E-state index in [1.54, 1.807) is 0 Å². The molecule has 1 amide bonds. The number of anilines is 2. The van der Waals surface area contributed by atoms with Gasteiger partial charge in [0.2, 0.25) is 5.91 Å². The van der Waals surface area contributed by atoms with Gasteiger partial charge < -0.3 is 16.4 Å². The smallest absolute Gasteiger partial charge is 0.219 e. The fourth-order valence-corrected chi connectivity index (χ4v) is 1.80. The van der Waals surface area contributed by atoms with E-state index in [1.165, 1.54) is 6.33 Å². The summed E-state index contributed by atoms with van der Waals surface area (Å²) in [6.07, 6.45) is 2.78. The Morgan fingerprint density at radius 1 is 1.37 bits per heavy atom. The minimum atomic E-state index is -0.438. The highest BCUT2D eigenvalue weighted by Gasteiger charge is 2.22. The van der Waals surface area contributed by atoms with Gasteiger partial charge in [0.25, 0.3) is 0 Å². The van der Waals surface area contributed by atoms with Gasteiger partial charge in [-0.3, -0.25) is 4.79 Å². The molecule has 6 nitrogen and oxygen atoms in total. The molecular formula is C13H23N5O. The predicted molar refractivity (Wildman–Crippen MR) is 77.1 cm³/mol. The van der Waals surface area contributed by atoms with Crippen LogP contribution in [-0.4, -0.2) is 28.0 Å². The molecule has 0 aliphatic heterocycles. The van der Waals surface area contributed by atoms with Crippen LogP contribution in [0.15, 0.2) is 6.33 Å². The molecule has 1 rings (SSSR count). The highest BCUT2D eigenvalue weighted by molar-refractivity contribution is 5.75. The second-order valence-corrected chi connectivity index (χ2v) is 5.27. The molecule has 0 aliphatic rings. The zero-order valence-corrected chi connectivity index (χ0v) is 12.1. The molecule has 106 valence electrons. The van der Waals surface area contributed by atoms with Gasteiger partial charge in [-0.2, -0.15) is 0 Å². The summed E-state index contributed by atoms with van der Waals surface area (Å²) >= 11 is 0. The Hall–Kier alpha value is -1.85. The fraction of sp³-hybridized carbons (Fsp3) is 0.615. The number of amides is 1. The van der Waals surface area contributed by atoms with E-state index in [0.717, 1.165) is 30.2 Å². The lowest BCUT2D eigenvalue weighted by molar-refractivity contribution is -0.118. The summed E-state index contributed by atoms with van der Waals surface area (Å²) in [7, 11) is 0. The van der Waals surface area contributed by atoms with E-state index < -0.39 is 5.54 Å². The third-order valence-electron chi connectivity index (χ3n) is 2.70. The van der Waals surface area contributed by atoms with Gasteiger partial charge in [0.1, 0.15) is 18.0 Å². The van der Waals surface area contributed by atoms with E-state index in [2.05, 4.69) is 27.5 Å². The molecule has 1 aromatic heterocycles.